The third-order valence-electron chi connectivity index (χ3n) is 2.79. The molecule has 0 bridgehead atoms. The summed E-state index contributed by atoms with van der Waals surface area (Å²) < 4.78 is 36.6. The summed E-state index contributed by atoms with van der Waals surface area (Å²) in [4.78, 5) is 15.5. The van der Waals surface area contributed by atoms with Gasteiger partial charge in [-0.3, -0.25) is 9.69 Å². The van der Waals surface area contributed by atoms with Gasteiger partial charge in [-0.2, -0.15) is 13.2 Å². The Morgan fingerprint density at radius 1 is 1.26 bits per heavy atom. The number of amides is 1. The molecule has 1 aromatic rings. The van der Waals surface area contributed by atoms with Gasteiger partial charge in [0.1, 0.15) is 0 Å². The van der Waals surface area contributed by atoms with Crippen LogP contribution in [-0.4, -0.2) is 54.6 Å². The molecule has 3 nitrogen and oxygen atoms in total. The number of halogens is 4. The molecule has 1 aliphatic heterocycles. The summed E-state index contributed by atoms with van der Waals surface area (Å²) in [5.41, 5.74) is 0. The van der Waals surface area contributed by atoms with Gasteiger partial charge in [0, 0.05) is 26.2 Å². The van der Waals surface area contributed by atoms with Crippen molar-refractivity contribution in [2.75, 3.05) is 32.7 Å². The first-order valence-corrected chi connectivity index (χ1v) is 6.45. The lowest BCUT2D eigenvalue weighted by Crippen LogP contribution is -2.50. The molecule has 1 amide bonds. The normalized spacial score (nSPS) is 17.1. The lowest BCUT2D eigenvalue weighted by atomic mass is 10.3. The van der Waals surface area contributed by atoms with Gasteiger partial charge < -0.3 is 4.90 Å². The molecule has 19 heavy (non-hydrogen) atoms. The summed E-state index contributed by atoms with van der Waals surface area (Å²) >= 11 is 1.35. The van der Waals surface area contributed by atoms with E-state index in [1.165, 1.54) is 16.2 Å². The number of carbonyl (C=O) groups excluding carboxylic acids is 1. The largest absolute Gasteiger partial charge is 0.401 e. The number of alkyl halides is 3. The van der Waals surface area contributed by atoms with Gasteiger partial charge in [0.2, 0.25) is 0 Å². The minimum Gasteiger partial charge on any atom is -0.335 e. The molecular formula is C11H14ClF3N2OS. The molecule has 0 saturated carbocycles. The second kappa shape index (κ2) is 6.58. The Labute approximate surface area is 119 Å². The predicted octanol–water partition coefficient (Wildman–Crippen LogP) is 2.49. The van der Waals surface area contributed by atoms with E-state index in [4.69, 9.17) is 0 Å². The zero-order chi connectivity index (χ0) is 13.2. The predicted molar refractivity (Wildman–Crippen MR) is 70.0 cm³/mol. The maximum atomic E-state index is 12.2. The maximum Gasteiger partial charge on any atom is 0.401 e. The molecule has 0 aromatic carbocycles. The minimum atomic E-state index is -4.17. The average molecular weight is 315 g/mol. The minimum absolute atomic E-state index is 0. The van der Waals surface area contributed by atoms with Crippen LogP contribution in [-0.2, 0) is 0 Å². The number of carbonyl (C=O) groups is 1. The Bertz CT molecular complexity index is 403. The smallest absolute Gasteiger partial charge is 0.335 e. The number of thiophene rings is 1. The highest BCUT2D eigenvalue weighted by Crippen LogP contribution is 2.18. The van der Waals surface area contributed by atoms with Crippen LogP contribution in [0.25, 0.3) is 0 Å². The van der Waals surface area contributed by atoms with E-state index in [1.807, 2.05) is 5.38 Å². The van der Waals surface area contributed by atoms with Crippen molar-refractivity contribution in [3.63, 3.8) is 0 Å². The van der Waals surface area contributed by atoms with Crippen LogP contribution in [0.3, 0.4) is 0 Å². The molecule has 0 spiro atoms. The molecule has 1 aromatic heterocycles. The lowest BCUT2D eigenvalue weighted by molar-refractivity contribution is -0.148. The van der Waals surface area contributed by atoms with Gasteiger partial charge in [-0.05, 0) is 11.4 Å². The summed E-state index contributed by atoms with van der Waals surface area (Å²) in [6.45, 7) is 0.362. The van der Waals surface area contributed by atoms with E-state index in [0.29, 0.717) is 18.0 Å². The summed E-state index contributed by atoms with van der Waals surface area (Å²) in [5, 5.41) is 1.81. The van der Waals surface area contributed by atoms with Crippen LogP contribution in [0, 0.1) is 0 Å². The lowest BCUT2D eigenvalue weighted by Gasteiger charge is -2.34. The van der Waals surface area contributed by atoms with Crippen LogP contribution < -0.4 is 0 Å². The van der Waals surface area contributed by atoms with Crippen LogP contribution in [0.1, 0.15) is 9.67 Å². The van der Waals surface area contributed by atoms with Crippen molar-refractivity contribution < 1.29 is 18.0 Å². The van der Waals surface area contributed by atoms with Crippen molar-refractivity contribution >= 4 is 29.7 Å². The Morgan fingerprint density at radius 2 is 1.89 bits per heavy atom. The standard InChI is InChI=1S/C11H13F3N2OS.ClH/c12-11(13,14)8-15-3-5-16(6-4-15)10(17)9-2-1-7-18-9;/h1-2,7H,3-6,8H2;1H. The van der Waals surface area contributed by atoms with E-state index in [1.54, 1.807) is 17.0 Å². The Hall–Kier alpha value is -0.790. The van der Waals surface area contributed by atoms with Crippen LogP contribution in [0.4, 0.5) is 13.2 Å². The first kappa shape index (κ1) is 16.3. The number of nitrogens with zero attached hydrogens (tertiary/aromatic N) is 2. The Balaban J connectivity index is 0.00000180. The van der Waals surface area contributed by atoms with Crippen molar-refractivity contribution in [2.24, 2.45) is 0 Å². The topological polar surface area (TPSA) is 23.6 Å². The second-order valence-electron chi connectivity index (χ2n) is 4.16. The zero-order valence-corrected chi connectivity index (χ0v) is 11.7. The van der Waals surface area contributed by atoms with E-state index in [9.17, 15) is 18.0 Å². The van der Waals surface area contributed by atoms with Gasteiger partial charge in [-0.15, -0.1) is 23.7 Å². The van der Waals surface area contributed by atoms with E-state index in [2.05, 4.69) is 0 Å². The molecule has 2 heterocycles. The van der Waals surface area contributed by atoms with Crippen molar-refractivity contribution in [2.45, 2.75) is 6.18 Å². The molecular weight excluding hydrogens is 301 g/mol. The van der Waals surface area contributed by atoms with E-state index < -0.39 is 12.7 Å². The van der Waals surface area contributed by atoms with Crippen LogP contribution in [0.5, 0.6) is 0 Å². The van der Waals surface area contributed by atoms with E-state index >= 15 is 0 Å². The third-order valence-corrected chi connectivity index (χ3v) is 3.65. The molecule has 0 unspecified atom stereocenters. The molecule has 1 fully saturated rings. The summed E-state index contributed by atoms with van der Waals surface area (Å²) in [6.07, 6.45) is -4.17. The van der Waals surface area contributed by atoms with Crippen molar-refractivity contribution in [3.8, 4) is 0 Å². The molecule has 8 heteroatoms. The van der Waals surface area contributed by atoms with Crippen molar-refractivity contribution in [1.29, 1.82) is 0 Å². The van der Waals surface area contributed by atoms with Gasteiger partial charge in [0.05, 0.1) is 11.4 Å². The Morgan fingerprint density at radius 3 is 2.37 bits per heavy atom. The second-order valence-corrected chi connectivity index (χ2v) is 5.11. The highest BCUT2D eigenvalue weighted by molar-refractivity contribution is 7.12. The monoisotopic (exact) mass is 314 g/mol. The SMILES string of the molecule is Cl.O=C(c1cccs1)N1CCN(CC(F)(F)F)CC1. The van der Waals surface area contributed by atoms with Crippen LogP contribution in [0.2, 0.25) is 0 Å². The highest BCUT2D eigenvalue weighted by atomic mass is 35.5. The average Bonchev–Trinajstić information content (AvgIpc) is 2.80. The fourth-order valence-corrected chi connectivity index (χ4v) is 2.61. The number of hydrogen-bond acceptors (Lipinski definition) is 3. The summed E-state index contributed by atoms with van der Waals surface area (Å²) in [5.74, 6) is -0.0864. The molecule has 2 rings (SSSR count). The van der Waals surface area contributed by atoms with Gasteiger partial charge in [0.15, 0.2) is 0 Å². The van der Waals surface area contributed by atoms with Gasteiger partial charge in [0.25, 0.3) is 5.91 Å². The molecule has 0 radical (unpaired) electrons. The fourth-order valence-electron chi connectivity index (χ4n) is 1.92. The van der Waals surface area contributed by atoms with Crippen LogP contribution in [0.15, 0.2) is 17.5 Å². The quantitative estimate of drug-likeness (QED) is 0.837. The first-order valence-electron chi connectivity index (χ1n) is 5.57. The number of hydrogen-bond donors (Lipinski definition) is 0. The first-order chi connectivity index (χ1) is 8.46. The van der Waals surface area contributed by atoms with Gasteiger partial charge >= 0.3 is 6.18 Å². The van der Waals surface area contributed by atoms with Crippen molar-refractivity contribution in [3.05, 3.63) is 22.4 Å². The summed E-state index contributed by atoms with van der Waals surface area (Å²) in [6, 6.07) is 3.52. The number of piperazine rings is 1. The van der Waals surface area contributed by atoms with E-state index in [-0.39, 0.29) is 31.4 Å². The van der Waals surface area contributed by atoms with E-state index in [0.717, 1.165) is 0 Å². The Kier molecular flexibility index (Phi) is 5.64. The van der Waals surface area contributed by atoms with Crippen molar-refractivity contribution in [1.82, 2.24) is 9.80 Å². The molecule has 108 valence electrons. The maximum absolute atomic E-state index is 12.2. The van der Waals surface area contributed by atoms with Crippen LogP contribution >= 0.6 is 23.7 Å². The van der Waals surface area contributed by atoms with Gasteiger partial charge in [-0.25, -0.2) is 0 Å². The molecule has 1 saturated heterocycles. The highest BCUT2D eigenvalue weighted by Gasteiger charge is 2.33. The molecule has 1 aliphatic rings. The molecule has 0 N–H and O–H groups in total. The third kappa shape index (κ3) is 4.67. The fraction of sp³-hybridized carbons (Fsp3) is 0.545. The van der Waals surface area contributed by atoms with Gasteiger partial charge in [-0.1, -0.05) is 6.07 Å². The molecule has 0 aliphatic carbocycles. The zero-order valence-electron chi connectivity index (χ0n) is 10.0. The molecule has 0 atom stereocenters. The summed E-state index contributed by atoms with van der Waals surface area (Å²) in [7, 11) is 0. The number of rotatable bonds is 2.